The van der Waals surface area contributed by atoms with Crippen molar-refractivity contribution >= 4 is 5.97 Å². The van der Waals surface area contributed by atoms with Gasteiger partial charge in [0.05, 0.1) is 6.20 Å². The molecular formula is C14H19N3O3. The highest BCUT2D eigenvalue weighted by Gasteiger charge is 2.24. The summed E-state index contributed by atoms with van der Waals surface area (Å²) in [5.74, 6) is -0.304. The SMILES string of the molecule is CC(C)Cc1onc(-c2cnn(C(C)C)c2)c1C(=O)O. The fourth-order valence-electron chi connectivity index (χ4n) is 1.99. The molecule has 2 rings (SSSR count). The van der Waals surface area contributed by atoms with Crippen molar-refractivity contribution in [3.63, 3.8) is 0 Å². The third kappa shape index (κ3) is 2.74. The van der Waals surface area contributed by atoms with Crippen LogP contribution in [-0.2, 0) is 6.42 Å². The van der Waals surface area contributed by atoms with Gasteiger partial charge < -0.3 is 9.63 Å². The smallest absolute Gasteiger partial charge is 0.341 e. The molecule has 20 heavy (non-hydrogen) atoms. The number of aromatic nitrogens is 3. The Labute approximate surface area is 117 Å². The molecule has 0 saturated heterocycles. The summed E-state index contributed by atoms with van der Waals surface area (Å²) in [7, 11) is 0. The van der Waals surface area contributed by atoms with E-state index in [4.69, 9.17) is 4.52 Å². The molecule has 0 spiro atoms. The number of carboxylic acids is 1. The predicted octanol–water partition coefficient (Wildman–Crippen LogP) is 3.02. The van der Waals surface area contributed by atoms with E-state index in [-0.39, 0.29) is 11.6 Å². The maximum atomic E-state index is 11.5. The van der Waals surface area contributed by atoms with Crippen LogP contribution in [0.15, 0.2) is 16.9 Å². The first-order valence-corrected chi connectivity index (χ1v) is 6.66. The van der Waals surface area contributed by atoms with E-state index in [1.807, 2.05) is 27.7 Å². The van der Waals surface area contributed by atoms with Gasteiger partial charge in [-0.1, -0.05) is 19.0 Å². The van der Waals surface area contributed by atoms with Crippen LogP contribution in [0, 0.1) is 5.92 Å². The Hall–Kier alpha value is -2.11. The van der Waals surface area contributed by atoms with Gasteiger partial charge in [-0.05, 0) is 19.8 Å². The lowest BCUT2D eigenvalue weighted by atomic mass is 10.0. The van der Waals surface area contributed by atoms with Crippen LogP contribution in [0.1, 0.15) is 49.9 Å². The third-order valence-electron chi connectivity index (χ3n) is 2.97. The first-order valence-electron chi connectivity index (χ1n) is 6.66. The first kappa shape index (κ1) is 14.3. The van der Waals surface area contributed by atoms with Crippen LogP contribution in [0.4, 0.5) is 0 Å². The molecule has 6 nitrogen and oxygen atoms in total. The molecule has 1 N–H and O–H groups in total. The minimum absolute atomic E-state index is 0.141. The molecule has 0 saturated carbocycles. The van der Waals surface area contributed by atoms with Gasteiger partial charge in [-0.15, -0.1) is 0 Å². The molecule has 2 heterocycles. The van der Waals surface area contributed by atoms with Crippen LogP contribution in [0.2, 0.25) is 0 Å². The maximum absolute atomic E-state index is 11.5. The summed E-state index contributed by atoms with van der Waals surface area (Å²) in [6, 6.07) is 0.207. The van der Waals surface area contributed by atoms with Crippen molar-refractivity contribution in [2.45, 2.75) is 40.2 Å². The fourth-order valence-corrected chi connectivity index (χ4v) is 1.99. The molecule has 0 atom stereocenters. The van der Waals surface area contributed by atoms with Gasteiger partial charge in [0.25, 0.3) is 0 Å². The Bertz CT molecular complexity index is 611. The quantitative estimate of drug-likeness (QED) is 0.908. The number of nitrogens with zero attached hydrogens (tertiary/aromatic N) is 3. The zero-order chi connectivity index (χ0) is 14.9. The number of carboxylic acid groups (broad SMARTS) is 1. The van der Waals surface area contributed by atoms with Gasteiger partial charge >= 0.3 is 5.97 Å². The molecule has 0 unspecified atom stereocenters. The summed E-state index contributed by atoms with van der Waals surface area (Å²) >= 11 is 0. The van der Waals surface area contributed by atoms with Gasteiger partial charge in [-0.2, -0.15) is 5.10 Å². The average molecular weight is 277 g/mol. The topological polar surface area (TPSA) is 81.2 Å². The predicted molar refractivity (Wildman–Crippen MR) is 73.6 cm³/mol. The second kappa shape index (κ2) is 5.48. The minimum atomic E-state index is -1.02. The largest absolute Gasteiger partial charge is 0.477 e. The van der Waals surface area contributed by atoms with Crippen LogP contribution in [0.25, 0.3) is 11.3 Å². The van der Waals surface area contributed by atoms with Crippen molar-refractivity contribution in [3.8, 4) is 11.3 Å². The first-order chi connectivity index (χ1) is 9.40. The summed E-state index contributed by atoms with van der Waals surface area (Å²) in [5, 5.41) is 17.5. The summed E-state index contributed by atoms with van der Waals surface area (Å²) in [5.41, 5.74) is 1.15. The lowest BCUT2D eigenvalue weighted by Gasteiger charge is -2.03. The second-order valence-corrected chi connectivity index (χ2v) is 5.54. The highest BCUT2D eigenvalue weighted by atomic mass is 16.5. The zero-order valence-electron chi connectivity index (χ0n) is 12.1. The summed E-state index contributed by atoms with van der Waals surface area (Å²) in [6.07, 6.45) is 3.95. The van der Waals surface area contributed by atoms with Crippen molar-refractivity contribution in [2.75, 3.05) is 0 Å². The second-order valence-electron chi connectivity index (χ2n) is 5.54. The summed E-state index contributed by atoms with van der Waals surface area (Å²) in [4.78, 5) is 11.5. The Balaban J connectivity index is 2.45. The van der Waals surface area contributed by atoms with Crippen molar-refractivity contribution < 1.29 is 14.4 Å². The number of hydrogen-bond acceptors (Lipinski definition) is 4. The standard InChI is InChI=1S/C14H19N3O3/c1-8(2)5-11-12(14(18)19)13(16-20-11)10-6-15-17(7-10)9(3)4/h6-9H,5H2,1-4H3,(H,18,19). The van der Waals surface area contributed by atoms with Crippen LogP contribution in [0.5, 0.6) is 0 Å². The number of aromatic carboxylic acids is 1. The molecule has 0 bridgehead atoms. The van der Waals surface area contributed by atoms with Gasteiger partial charge in [-0.3, -0.25) is 4.68 Å². The van der Waals surface area contributed by atoms with E-state index in [1.165, 1.54) is 0 Å². The van der Waals surface area contributed by atoms with Crippen LogP contribution in [0.3, 0.4) is 0 Å². The molecule has 0 amide bonds. The molecule has 6 heteroatoms. The van der Waals surface area contributed by atoms with E-state index in [2.05, 4.69) is 10.3 Å². The fraction of sp³-hybridized carbons (Fsp3) is 0.500. The Morgan fingerprint density at radius 3 is 2.60 bits per heavy atom. The number of hydrogen-bond donors (Lipinski definition) is 1. The average Bonchev–Trinajstić information content (AvgIpc) is 2.93. The minimum Gasteiger partial charge on any atom is -0.477 e. The Morgan fingerprint density at radius 2 is 2.10 bits per heavy atom. The summed E-state index contributed by atoms with van der Waals surface area (Å²) in [6.45, 7) is 8.01. The van der Waals surface area contributed by atoms with E-state index in [1.54, 1.807) is 17.1 Å². The van der Waals surface area contributed by atoms with Crippen LogP contribution < -0.4 is 0 Å². The van der Waals surface area contributed by atoms with E-state index in [0.717, 1.165) is 0 Å². The summed E-state index contributed by atoms with van der Waals surface area (Å²) < 4.78 is 6.99. The van der Waals surface area contributed by atoms with E-state index >= 15 is 0 Å². The van der Waals surface area contributed by atoms with Crippen LogP contribution >= 0.6 is 0 Å². The maximum Gasteiger partial charge on any atom is 0.341 e. The normalized spacial score (nSPS) is 11.5. The van der Waals surface area contributed by atoms with E-state index < -0.39 is 5.97 Å². The molecule has 2 aromatic heterocycles. The van der Waals surface area contributed by atoms with Gasteiger partial charge in [0.2, 0.25) is 0 Å². The zero-order valence-corrected chi connectivity index (χ0v) is 12.1. The number of carbonyl (C=O) groups is 1. The molecule has 0 aliphatic rings. The van der Waals surface area contributed by atoms with Crippen molar-refractivity contribution in [1.29, 1.82) is 0 Å². The van der Waals surface area contributed by atoms with Crippen molar-refractivity contribution in [3.05, 3.63) is 23.7 Å². The highest BCUT2D eigenvalue weighted by Crippen LogP contribution is 2.27. The van der Waals surface area contributed by atoms with Crippen molar-refractivity contribution in [2.24, 2.45) is 5.92 Å². The molecule has 0 aliphatic heterocycles. The lowest BCUT2D eigenvalue weighted by molar-refractivity contribution is 0.0695. The Morgan fingerprint density at radius 1 is 1.40 bits per heavy atom. The Kier molecular flexibility index (Phi) is 3.92. The van der Waals surface area contributed by atoms with Gasteiger partial charge in [0, 0.05) is 24.2 Å². The monoisotopic (exact) mass is 277 g/mol. The molecule has 0 radical (unpaired) electrons. The number of rotatable bonds is 5. The molecule has 0 aliphatic carbocycles. The molecule has 0 fully saturated rings. The van der Waals surface area contributed by atoms with Crippen molar-refractivity contribution in [1.82, 2.24) is 14.9 Å². The molecular weight excluding hydrogens is 258 g/mol. The van der Waals surface area contributed by atoms with E-state index in [9.17, 15) is 9.90 Å². The molecule has 108 valence electrons. The van der Waals surface area contributed by atoms with E-state index in [0.29, 0.717) is 29.4 Å². The van der Waals surface area contributed by atoms with Gasteiger partial charge in [0.1, 0.15) is 11.3 Å². The van der Waals surface area contributed by atoms with Gasteiger partial charge in [0.15, 0.2) is 5.76 Å². The van der Waals surface area contributed by atoms with Crippen LogP contribution in [-0.4, -0.2) is 26.0 Å². The molecule has 0 aromatic carbocycles. The lowest BCUT2D eigenvalue weighted by Crippen LogP contribution is -2.04. The third-order valence-corrected chi connectivity index (χ3v) is 2.97. The highest BCUT2D eigenvalue weighted by molar-refractivity contribution is 5.95. The molecule has 2 aromatic rings. The van der Waals surface area contributed by atoms with Gasteiger partial charge in [-0.25, -0.2) is 4.79 Å².